The van der Waals surface area contributed by atoms with Gasteiger partial charge in [-0.25, -0.2) is 4.79 Å². The largest absolute Gasteiger partial charge is 0.481 e. The highest BCUT2D eigenvalue weighted by molar-refractivity contribution is 5.78. The van der Waals surface area contributed by atoms with Gasteiger partial charge in [0.05, 0.1) is 5.41 Å². The van der Waals surface area contributed by atoms with Gasteiger partial charge in [-0.15, -0.1) is 0 Å². The summed E-state index contributed by atoms with van der Waals surface area (Å²) in [5, 5.41) is 12.1. The van der Waals surface area contributed by atoms with E-state index in [0.29, 0.717) is 26.1 Å². The summed E-state index contributed by atoms with van der Waals surface area (Å²) in [5.74, 6) is -0.0228. The Kier molecular flexibility index (Phi) is 4.32. The second-order valence-corrected chi connectivity index (χ2v) is 6.21. The Bertz CT molecular complexity index is 355. The number of nitrogens with zero attached hydrogens (tertiary/aromatic N) is 1. The number of aliphatic carboxylic acids is 1. The molecule has 0 spiro atoms. The van der Waals surface area contributed by atoms with Crippen molar-refractivity contribution in [3.05, 3.63) is 0 Å². The third-order valence-corrected chi connectivity index (χ3v) is 4.55. The topological polar surface area (TPSA) is 69.6 Å². The number of carboxylic acids is 1. The summed E-state index contributed by atoms with van der Waals surface area (Å²) in [7, 11) is 0. The lowest BCUT2D eigenvalue weighted by molar-refractivity contribution is -0.150. The highest BCUT2D eigenvalue weighted by Crippen LogP contribution is 2.30. The number of piperidine rings is 1. The van der Waals surface area contributed by atoms with Gasteiger partial charge in [-0.1, -0.05) is 19.3 Å². The van der Waals surface area contributed by atoms with Crippen molar-refractivity contribution in [3.63, 3.8) is 0 Å². The number of carboxylic acid groups (broad SMARTS) is 1. The summed E-state index contributed by atoms with van der Waals surface area (Å²) >= 11 is 0. The molecule has 2 amide bonds. The van der Waals surface area contributed by atoms with E-state index in [0.717, 1.165) is 18.8 Å². The SMILES string of the molecule is CC1(C(=O)O)CCCN(C(=O)NCCC2CCC2)C1. The monoisotopic (exact) mass is 268 g/mol. The molecule has 108 valence electrons. The van der Waals surface area contributed by atoms with Crippen LogP contribution >= 0.6 is 0 Å². The van der Waals surface area contributed by atoms with E-state index < -0.39 is 11.4 Å². The molecule has 2 fully saturated rings. The van der Waals surface area contributed by atoms with Crippen molar-refractivity contribution in [2.75, 3.05) is 19.6 Å². The molecule has 0 aromatic carbocycles. The van der Waals surface area contributed by atoms with E-state index in [1.54, 1.807) is 11.8 Å². The first-order chi connectivity index (χ1) is 9.01. The molecule has 2 N–H and O–H groups in total. The Morgan fingerprint density at radius 1 is 1.37 bits per heavy atom. The van der Waals surface area contributed by atoms with E-state index in [1.165, 1.54) is 19.3 Å². The minimum Gasteiger partial charge on any atom is -0.481 e. The van der Waals surface area contributed by atoms with Crippen molar-refractivity contribution in [1.82, 2.24) is 10.2 Å². The van der Waals surface area contributed by atoms with E-state index in [2.05, 4.69) is 5.32 Å². The predicted octanol–water partition coefficient (Wildman–Crippen LogP) is 2.07. The second-order valence-electron chi connectivity index (χ2n) is 6.21. The smallest absolute Gasteiger partial charge is 0.317 e. The lowest BCUT2D eigenvalue weighted by Gasteiger charge is -2.37. The molecule has 1 aliphatic heterocycles. The van der Waals surface area contributed by atoms with E-state index in [1.807, 2.05) is 0 Å². The number of carbonyl (C=O) groups excluding carboxylic acids is 1. The Labute approximate surface area is 114 Å². The zero-order valence-corrected chi connectivity index (χ0v) is 11.7. The number of likely N-dealkylation sites (tertiary alicyclic amines) is 1. The number of carbonyl (C=O) groups is 2. The van der Waals surface area contributed by atoms with Gasteiger partial charge in [0.15, 0.2) is 0 Å². The molecule has 2 aliphatic rings. The van der Waals surface area contributed by atoms with Gasteiger partial charge in [0.25, 0.3) is 0 Å². The Hall–Kier alpha value is -1.26. The normalized spacial score (nSPS) is 27.7. The summed E-state index contributed by atoms with van der Waals surface area (Å²) in [6.45, 7) is 3.42. The number of hydrogen-bond acceptors (Lipinski definition) is 2. The fraction of sp³-hybridized carbons (Fsp3) is 0.857. The number of rotatable bonds is 4. The molecule has 5 heteroatoms. The Morgan fingerprint density at radius 2 is 2.11 bits per heavy atom. The van der Waals surface area contributed by atoms with Crippen LogP contribution in [0.15, 0.2) is 0 Å². The molecule has 1 saturated carbocycles. The van der Waals surface area contributed by atoms with Gasteiger partial charge in [0, 0.05) is 19.6 Å². The van der Waals surface area contributed by atoms with E-state index in [4.69, 9.17) is 0 Å². The summed E-state index contributed by atoms with van der Waals surface area (Å²) in [4.78, 5) is 24.9. The number of hydrogen-bond donors (Lipinski definition) is 2. The van der Waals surface area contributed by atoms with E-state index in [-0.39, 0.29) is 6.03 Å². The first-order valence-corrected chi connectivity index (χ1v) is 7.27. The van der Waals surface area contributed by atoms with Crippen LogP contribution in [0.1, 0.15) is 45.4 Å². The molecule has 1 unspecified atom stereocenters. The zero-order chi connectivity index (χ0) is 13.9. The van der Waals surface area contributed by atoms with Crippen molar-refractivity contribution in [1.29, 1.82) is 0 Å². The highest BCUT2D eigenvalue weighted by Gasteiger charge is 2.39. The van der Waals surface area contributed by atoms with Crippen molar-refractivity contribution in [2.24, 2.45) is 11.3 Å². The van der Waals surface area contributed by atoms with Gasteiger partial charge in [0.2, 0.25) is 0 Å². The summed E-state index contributed by atoms with van der Waals surface area (Å²) in [6.07, 6.45) is 6.36. The molecular weight excluding hydrogens is 244 g/mol. The zero-order valence-electron chi connectivity index (χ0n) is 11.7. The van der Waals surface area contributed by atoms with E-state index in [9.17, 15) is 14.7 Å². The lowest BCUT2D eigenvalue weighted by atomic mass is 9.82. The molecule has 19 heavy (non-hydrogen) atoms. The van der Waals surface area contributed by atoms with Crippen LogP contribution in [0.5, 0.6) is 0 Å². The fourth-order valence-corrected chi connectivity index (χ4v) is 2.86. The van der Waals surface area contributed by atoms with Crippen LogP contribution in [-0.2, 0) is 4.79 Å². The predicted molar refractivity (Wildman–Crippen MR) is 71.9 cm³/mol. The summed E-state index contributed by atoms with van der Waals surface area (Å²) < 4.78 is 0. The minimum absolute atomic E-state index is 0.105. The number of nitrogens with one attached hydrogen (secondary N) is 1. The summed E-state index contributed by atoms with van der Waals surface area (Å²) in [6, 6.07) is -0.105. The molecule has 1 atom stereocenters. The second kappa shape index (κ2) is 5.80. The molecule has 0 bridgehead atoms. The molecular formula is C14H24N2O3. The average molecular weight is 268 g/mol. The Balaban J connectivity index is 1.76. The van der Waals surface area contributed by atoms with Gasteiger partial charge >= 0.3 is 12.0 Å². The van der Waals surface area contributed by atoms with Crippen LogP contribution < -0.4 is 5.32 Å². The maximum absolute atomic E-state index is 12.0. The Morgan fingerprint density at radius 3 is 2.68 bits per heavy atom. The fourth-order valence-electron chi connectivity index (χ4n) is 2.86. The first kappa shape index (κ1) is 14.2. The van der Waals surface area contributed by atoms with Crippen LogP contribution in [0.25, 0.3) is 0 Å². The van der Waals surface area contributed by atoms with Crippen LogP contribution in [0.4, 0.5) is 4.79 Å². The quantitative estimate of drug-likeness (QED) is 0.820. The highest BCUT2D eigenvalue weighted by atomic mass is 16.4. The third-order valence-electron chi connectivity index (χ3n) is 4.55. The molecule has 5 nitrogen and oxygen atoms in total. The first-order valence-electron chi connectivity index (χ1n) is 7.27. The molecule has 1 saturated heterocycles. The number of amides is 2. The van der Waals surface area contributed by atoms with Gasteiger partial charge in [-0.05, 0) is 32.1 Å². The molecule has 0 aromatic rings. The maximum Gasteiger partial charge on any atom is 0.317 e. The van der Waals surface area contributed by atoms with Gasteiger partial charge < -0.3 is 15.3 Å². The molecule has 1 heterocycles. The van der Waals surface area contributed by atoms with E-state index >= 15 is 0 Å². The van der Waals surface area contributed by atoms with Gasteiger partial charge in [-0.2, -0.15) is 0 Å². The van der Waals surface area contributed by atoms with Crippen molar-refractivity contribution >= 4 is 12.0 Å². The molecule has 2 rings (SSSR count). The minimum atomic E-state index is -0.806. The van der Waals surface area contributed by atoms with Crippen LogP contribution in [-0.4, -0.2) is 41.6 Å². The molecule has 0 radical (unpaired) electrons. The molecule has 0 aromatic heterocycles. The van der Waals surface area contributed by atoms with Crippen LogP contribution in [0.3, 0.4) is 0 Å². The van der Waals surface area contributed by atoms with Crippen LogP contribution in [0, 0.1) is 11.3 Å². The third kappa shape index (κ3) is 3.39. The van der Waals surface area contributed by atoms with Crippen molar-refractivity contribution in [2.45, 2.75) is 45.4 Å². The van der Waals surface area contributed by atoms with Gasteiger partial charge in [0.1, 0.15) is 0 Å². The molecule has 1 aliphatic carbocycles. The summed E-state index contributed by atoms with van der Waals surface area (Å²) in [5.41, 5.74) is -0.788. The number of urea groups is 1. The average Bonchev–Trinajstić information content (AvgIpc) is 2.32. The van der Waals surface area contributed by atoms with Crippen molar-refractivity contribution < 1.29 is 14.7 Å². The lowest BCUT2D eigenvalue weighted by Crippen LogP contribution is -2.51. The maximum atomic E-state index is 12.0. The standard InChI is InChI=1S/C14H24N2O3/c1-14(12(17)18)7-3-9-16(10-14)13(19)15-8-6-11-4-2-5-11/h11H,2-10H2,1H3,(H,15,19)(H,17,18). The van der Waals surface area contributed by atoms with Crippen molar-refractivity contribution in [3.8, 4) is 0 Å². The van der Waals surface area contributed by atoms with Crippen LogP contribution in [0.2, 0.25) is 0 Å². The van der Waals surface area contributed by atoms with Gasteiger partial charge in [-0.3, -0.25) is 4.79 Å².